The maximum Gasteiger partial charge on any atom is 0.0233 e. The van der Waals surface area contributed by atoms with Gasteiger partial charge in [0.1, 0.15) is 0 Å². The third kappa shape index (κ3) is 3.28. The molecule has 18 heavy (non-hydrogen) atoms. The van der Waals surface area contributed by atoms with Crippen molar-refractivity contribution in [2.45, 2.75) is 36.7 Å². The molecular formula is C15H24N2S. The van der Waals surface area contributed by atoms with Crippen molar-refractivity contribution in [2.24, 2.45) is 11.7 Å². The highest BCUT2D eigenvalue weighted by Crippen LogP contribution is 2.29. The highest BCUT2D eigenvalue weighted by Gasteiger charge is 2.28. The monoisotopic (exact) mass is 264 g/mol. The number of rotatable bonds is 5. The molecule has 0 aromatic heterocycles. The summed E-state index contributed by atoms with van der Waals surface area (Å²) < 4.78 is 0. The second-order valence-corrected chi connectivity index (χ2v) is 6.14. The molecule has 2 N–H and O–H groups in total. The Bertz CT molecular complexity index is 363. The lowest BCUT2D eigenvalue weighted by atomic mass is 10.0. The number of nitrogens with zero attached hydrogens (tertiary/aromatic N) is 1. The molecule has 0 bridgehead atoms. The van der Waals surface area contributed by atoms with Crippen molar-refractivity contribution >= 4 is 11.8 Å². The van der Waals surface area contributed by atoms with Crippen LogP contribution in [-0.4, -0.2) is 30.8 Å². The van der Waals surface area contributed by atoms with Crippen molar-refractivity contribution < 1.29 is 0 Å². The summed E-state index contributed by atoms with van der Waals surface area (Å²) in [4.78, 5) is 3.82. The number of hydrogen-bond donors (Lipinski definition) is 1. The van der Waals surface area contributed by atoms with Gasteiger partial charge in [0.05, 0.1) is 0 Å². The molecule has 3 heteroatoms. The van der Waals surface area contributed by atoms with Crippen LogP contribution in [0.25, 0.3) is 0 Å². The van der Waals surface area contributed by atoms with Crippen LogP contribution in [0.1, 0.15) is 24.8 Å². The van der Waals surface area contributed by atoms with Crippen molar-refractivity contribution in [1.29, 1.82) is 0 Å². The molecule has 0 saturated heterocycles. The van der Waals surface area contributed by atoms with Gasteiger partial charge in [-0.3, -0.25) is 4.90 Å². The highest BCUT2D eigenvalue weighted by atomic mass is 32.2. The summed E-state index contributed by atoms with van der Waals surface area (Å²) in [5.74, 6) is 0.695. The Morgan fingerprint density at radius 1 is 1.28 bits per heavy atom. The average Bonchev–Trinajstić information content (AvgIpc) is 2.88. The predicted molar refractivity (Wildman–Crippen MR) is 79.9 cm³/mol. The topological polar surface area (TPSA) is 29.3 Å². The minimum absolute atomic E-state index is 0.676. The van der Waals surface area contributed by atoms with E-state index in [2.05, 4.69) is 42.5 Å². The standard InChI is InChI=1S/C15H24N2S/c1-17(15-5-3-4-13(15)10-16)11-12-6-8-14(18-2)9-7-12/h6-9,13,15H,3-5,10-11,16H2,1-2H3. The Balaban J connectivity index is 1.95. The second kappa shape index (κ2) is 6.60. The molecule has 2 nitrogen and oxygen atoms in total. The van der Waals surface area contributed by atoms with Gasteiger partial charge in [-0.1, -0.05) is 18.6 Å². The van der Waals surface area contributed by atoms with Crippen LogP contribution in [-0.2, 0) is 6.54 Å². The average molecular weight is 264 g/mol. The minimum Gasteiger partial charge on any atom is -0.330 e. The van der Waals surface area contributed by atoms with Crippen molar-refractivity contribution in [3.63, 3.8) is 0 Å². The summed E-state index contributed by atoms with van der Waals surface area (Å²) in [5, 5.41) is 0. The summed E-state index contributed by atoms with van der Waals surface area (Å²) >= 11 is 1.80. The van der Waals surface area contributed by atoms with Gasteiger partial charge in [0.25, 0.3) is 0 Å². The van der Waals surface area contributed by atoms with Crippen LogP contribution in [0, 0.1) is 5.92 Å². The molecule has 1 aliphatic carbocycles. The fourth-order valence-corrected chi connectivity index (χ4v) is 3.42. The van der Waals surface area contributed by atoms with Gasteiger partial charge in [-0.2, -0.15) is 0 Å². The molecule has 2 unspecified atom stereocenters. The van der Waals surface area contributed by atoms with E-state index >= 15 is 0 Å². The molecule has 0 spiro atoms. The number of thioether (sulfide) groups is 1. The maximum absolute atomic E-state index is 5.86. The molecule has 1 aromatic rings. The lowest BCUT2D eigenvalue weighted by molar-refractivity contribution is 0.193. The lowest BCUT2D eigenvalue weighted by Crippen LogP contribution is -2.37. The van der Waals surface area contributed by atoms with Gasteiger partial charge in [0.15, 0.2) is 0 Å². The third-order valence-corrected chi connectivity index (χ3v) is 4.82. The van der Waals surface area contributed by atoms with Gasteiger partial charge in [-0.05, 0) is 56.3 Å². The zero-order valence-electron chi connectivity index (χ0n) is 11.4. The van der Waals surface area contributed by atoms with Gasteiger partial charge >= 0.3 is 0 Å². The molecule has 1 aromatic carbocycles. The van der Waals surface area contributed by atoms with Crippen LogP contribution in [0.15, 0.2) is 29.2 Å². The molecule has 1 saturated carbocycles. The summed E-state index contributed by atoms with van der Waals surface area (Å²) in [6.45, 7) is 1.87. The first-order chi connectivity index (χ1) is 8.74. The normalized spacial score (nSPS) is 23.8. The van der Waals surface area contributed by atoms with Crippen LogP contribution in [0.2, 0.25) is 0 Å². The van der Waals surface area contributed by atoms with Gasteiger partial charge < -0.3 is 5.73 Å². The first kappa shape index (κ1) is 13.9. The fraction of sp³-hybridized carbons (Fsp3) is 0.600. The van der Waals surface area contributed by atoms with Gasteiger partial charge in [0.2, 0.25) is 0 Å². The van der Waals surface area contributed by atoms with E-state index < -0.39 is 0 Å². The SMILES string of the molecule is CSc1ccc(CN(C)C2CCCC2CN)cc1. The Labute approximate surface area is 115 Å². The quantitative estimate of drug-likeness (QED) is 0.829. The van der Waals surface area contributed by atoms with E-state index in [0.29, 0.717) is 12.0 Å². The first-order valence-corrected chi connectivity index (χ1v) is 8.00. The van der Waals surface area contributed by atoms with Crippen molar-refractivity contribution in [3.05, 3.63) is 29.8 Å². The van der Waals surface area contributed by atoms with E-state index in [1.165, 1.54) is 29.7 Å². The van der Waals surface area contributed by atoms with E-state index in [1.807, 2.05) is 0 Å². The molecule has 0 amide bonds. The lowest BCUT2D eigenvalue weighted by Gasteiger charge is -2.29. The maximum atomic E-state index is 5.86. The van der Waals surface area contributed by atoms with Crippen LogP contribution in [0.3, 0.4) is 0 Å². The number of hydrogen-bond acceptors (Lipinski definition) is 3. The van der Waals surface area contributed by atoms with E-state index in [0.717, 1.165) is 13.1 Å². The molecule has 0 heterocycles. The molecule has 2 rings (SSSR count). The summed E-state index contributed by atoms with van der Waals surface area (Å²) in [7, 11) is 2.24. The molecule has 1 aliphatic rings. The van der Waals surface area contributed by atoms with Crippen LogP contribution >= 0.6 is 11.8 Å². The largest absolute Gasteiger partial charge is 0.330 e. The fourth-order valence-electron chi connectivity index (χ4n) is 3.01. The van der Waals surface area contributed by atoms with Crippen LogP contribution < -0.4 is 5.73 Å². The van der Waals surface area contributed by atoms with Gasteiger partial charge in [-0.25, -0.2) is 0 Å². The van der Waals surface area contributed by atoms with Crippen LogP contribution in [0.4, 0.5) is 0 Å². The molecule has 0 aliphatic heterocycles. The Morgan fingerprint density at radius 3 is 2.61 bits per heavy atom. The van der Waals surface area contributed by atoms with E-state index in [4.69, 9.17) is 5.73 Å². The van der Waals surface area contributed by atoms with E-state index in [1.54, 1.807) is 11.8 Å². The number of nitrogens with two attached hydrogens (primary N) is 1. The molecule has 0 radical (unpaired) electrons. The van der Waals surface area contributed by atoms with Crippen molar-refractivity contribution in [1.82, 2.24) is 4.90 Å². The van der Waals surface area contributed by atoms with Gasteiger partial charge in [-0.15, -0.1) is 11.8 Å². The Kier molecular flexibility index (Phi) is 5.10. The zero-order chi connectivity index (χ0) is 13.0. The Hall–Kier alpha value is -0.510. The summed E-state index contributed by atoms with van der Waals surface area (Å²) in [6.07, 6.45) is 6.06. The first-order valence-electron chi connectivity index (χ1n) is 6.78. The third-order valence-electron chi connectivity index (χ3n) is 4.08. The molecule has 2 atom stereocenters. The molecule has 1 fully saturated rings. The van der Waals surface area contributed by atoms with Crippen molar-refractivity contribution in [3.8, 4) is 0 Å². The molecular weight excluding hydrogens is 240 g/mol. The minimum atomic E-state index is 0.676. The smallest absolute Gasteiger partial charge is 0.0233 e. The molecule has 100 valence electrons. The van der Waals surface area contributed by atoms with Crippen LogP contribution in [0.5, 0.6) is 0 Å². The zero-order valence-corrected chi connectivity index (χ0v) is 12.2. The summed E-state index contributed by atoms with van der Waals surface area (Å²) in [6, 6.07) is 9.59. The Morgan fingerprint density at radius 2 is 2.00 bits per heavy atom. The predicted octanol–water partition coefficient (Wildman–Crippen LogP) is 2.97. The highest BCUT2D eigenvalue weighted by molar-refractivity contribution is 7.98. The van der Waals surface area contributed by atoms with E-state index in [-0.39, 0.29) is 0 Å². The summed E-state index contributed by atoms with van der Waals surface area (Å²) in [5.41, 5.74) is 7.26. The second-order valence-electron chi connectivity index (χ2n) is 5.26. The van der Waals surface area contributed by atoms with Gasteiger partial charge in [0, 0.05) is 17.5 Å². The number of benzene rings is 1. The van der Waals surface area contributed by atoms with Crippen molar-refractivity contribution in [2.75, 3.05) is 19.8 Å². The van der Waals surface area contributed by atoms with E-state index in [9.17, 15) is 0 Å².